The van der Waals surface area contributed by atoms with Gasteiger partial charge in [-0.2, -0.15) is 4.73 Å². The minimum absolute atomic E-state index is 0.109. The van der Waals surface area contributed by atoms with Crippen LogP contribution in [0, 0.1) is 5.21 Å². The molecule has 5 nitrogen and oxygen atoms in total. The molecule has 0 fully saturated rings. The van der Waals surface area contributed by atoms with E-state index in [1.807, 2.05) is 31.2 Å². The molecular formula is C16H15N3O2S. The summed E-state index contributed by atoms with van der Waals surface area (Å²) in [6.45, 7) is 1.91. The number of aromatic nitrogens is 2. The highest BCUT2D eigenvalue weighted by Crippen LogP contribution is 2.29. The Balaban J connectivity index is 1.89. The molecule has 0 aliphatic heterocycles. The molecule has 6 heteroatoms. The molecule has 0 saturated carbocycles. The number of hydrogen-bond donors (Lipinski definition) is 0. The summed E-state index contributed by atoms with van der Waals surface area (Å²) < 4.78 is 1.67. The third-order valence-corrected chi connectivity index (χ3v) is 4.82. The quantitative estimate of drug-likeness (QED) is 0.552. The molecule has 1 amide bonds. The van der Waals surface area contributed by atoms with Gasteiger partial charge in [0.1, 0.15) is 5.01 Å². The summed E-state index contributed by atoms with van der Waals surface area (Å²) in [4.78, 5) is 18.6. The van der Waals surface area contributed by atoms with Crippen LogP contribution in [-0.2, 0) is 0 Å². The maximum Gasteiger partial charge on any atom is 0.320 e. The van der Waals surface area contributed by atoms with Gasteiger partial charge in [-0.1, -0.05) is 12.1 Å². The monoisotopic (exact) mass is 313 g/mol. The van der Waals surface area contributed by atoms with Gasteiger partial charge in [0, 0.05) is 19.2 Å². The van der Waals surface area contributed by atoms with E-state index in [0.717, 1.165) is 15.2 Å². The zero-order valence-corrected chi connectivity index (χ0v) is 13.1. The molecule has 0 aliphatic rings. The van der Waals surface area contributed by atoms with Crippen LogP contribution in [0.5, 0.6) is 0 Å². The molecule has 0 saturated heterocycles. The molecule has 22 heavy (non-hydrogen) atoms. The summed E-state index contributed by atoms with van der Waals surface area (Å²) in [5, 5.41) is 12.6. The first-order chi connectivity index (χ1) is 10.6. The molecular weight excluding hydrogens is 298 g/mol. The fraction of sp³-hybridized carbons (Fsp3) is 0.188. The Labute approximate surface area is 132 Å². The van der Waals surface area contributed by atoms with Gasteiger partial charge in [0.15, 0.2) is 6.20 Å². The van der Waals surface area contributed by atoms with E-state index in [0.29, 0.717) is 4.73 Å². The second-order valence-electron chi connectivity index (χ2n) is 5.02. The van der Waals surface area contributed by atoms with Crippen LogP contribution < -0.4 is 4.73 Å². The van der Waals surface area contributed by atoms with Gasteiger partial charge in [-0.25, -0.2) is 4.98 Å². The van der Waals surface area contributed by atoms with Gasteiger partial charge in [-0.15, -0.1) is 11.3 Å². The molecule has 112 valence electrons. The van der Waals surface area contributed by atoms with E-state index >= 15 is 0 Å². The zero-order chi connectivity index (χ0) is 15.7. The smallest absolute Gasteiger partial charge is 0.320 e. The lowest BCUT2D eigenvalue weighted by atomic mass is 10.2. The van der Waals surface area contributed by atoms with Gasteiger partial charge >= 0.3 is 5.91 Å². The van der Waals surface area contributed by atoms with Gasteiger partial charge in [-0.05, 0) is 25.1 Å². The van der Waals surface area contributed by atoms with Crippen molar-refractivity contribution in [3.8, 4) is 0 Å². The van der Waals surface area contributed by atoms with E-state index < -0.39 is 0 Å². The number of fused-ring (bicyclic) bond motifs is 1. The molecule has 0 spiro atoms. The fourth-order valence-corrected chi connectivity index (χ4v) is 3.25. The van der Waals surface area contributed by atoms with Crippen molar-refractivity contribution < 1.29 is 9.52 Å². The highest BCUT2D eigenvalue weighted by Gasteiger charge is 2.26. The number of rotatable bonds is 3. The lowest BCUT2D eigenvalue weighted by Crippen LogP contribution is -2.40. The summed E-state index contributed by atoms with van der Waals surface area (Å²) in [5.41, 5.74) is 1.03. The van der Waals surface area contributed by atoms with E-state index in [4.69, 9.17) is 0 Å². The normalized spacial score (nSPS) is 12.3. The number of thiazole rings is 1. The number of hydrogen-bond acceptors (Lipinski definition) is 4. The van der Waals surface area contributed by atoms with Crippen molar-refractivity contribution >= 4 is 27.5 Å². The largest absolute Gasteiger partial charge is 0.618 e. The fourth-order valence-electron chi connectivity index (χ4n) is 2.18. The molecule has 0 aliphatic carbocycles. The van der Waals surface area contributed by atoms with Crippen LogP contribution in [-0.4, -0.2) is 22.8 Å². The highest BCUT2D eigenvalue weighted by atomic mass is 32.1. The van der Waals surface area contributed by atoms with Gasteiger partial charge in [0.05, 0.1) is 16.3 Å². The maximum atomic E-state index is 12.5. The number of benzene rings is 1. The topological polar surface area (TPSA) is 60.1 Å². The molecule has 0 radical (unpaired) electrons. The van der Waals surface area contributed by atoms with Gasteiger partial charge in [-0.3, -0.25) is 4.79 Å². The van der Waals surface area contributed by atoms with Crippen LogP contribution in [0.15, 0.2) is 48.7 Å². The predicted molar refractivity (Wildman–Crippen MR) is 85.5 cm³/mol. The molecule has 2 heterocycles. The minimum Gasteiger partial charge on any atom is -0.618 e. The SMILES string of the molecule is CC(c1nc2ccccc2s1)N(C)C(=O)c1cccc[n+]1[O-]. The Morgan fingerprint density at radius 3 is 2.73 bits per heavy atom. The molecule has 3 aromatic rings. The van der Waals surface area contributed by atoms with Gasteiger partial charge in [0.2, 0.25) is 0 Å². The van der Waals surface area contributed by atoms with Crippen molar-refractivity contribution in [2.45, 2.75) is 13.0 Å². The number of nitrogens with zero attached hydrogens (tertiary/aromatic N) is 3. The molecule has 2 aromatic heterocycles. The van der Waals surface area contributed by atoms with E-state index in [-0.39, 0.29) is 17.6 Å². The van der Waals surface area contributed by atoms with E-state index in [9.17, 15) is 10.0 Å². The molecule has 0 bridgehead atoms. The Kier molecular flexibility index (Phi) is 3.77. The first-order valence-electron chi connectivity index (χ1n) is 6.89. The molecule has 0 N–H and O–H groups in total. The third kappa shape index (κ3) is 2.53. The zero-order valence-electron chi connectivity index (χ0n) is 12.3. The Morgan fingerprint density at radius 1 is 1.27 bits per heavy atom. The van der Waals surface area contributed by atoms with E-state index in [1.165, 1.54) is 12.3 Å². The highest BCUT2D eigenvalue weighted by molar-refractivity contribution is 7.18. The Hall–Kier alpha value is -2.47. The molecule has 3 rings (SSSR count). The van der Waals surface area contributed by atoms with Crippen LogP contribution >= 0.6 is 11.3 Å². The number of pyridine rings is 1. The summed E-state index contributed by atoms with van der Waals surface area (Å²) in [7, 11) is 1.69. The van der Waals surface area contributed by atoms with Crippen LogP contribution in [0.3, 0.4) is 0 Å². The van der Waals surface area contributed by atoms with Crippen LogP contribution in [0.2, 0.25) is 0 Å². The third-order valence-electron chi connectivity index (χ3n) is 3.61. The Bertz CT molecular complexity index is 798. The maximum absolute atomic E-state index is 12.5. The van der Waals surface area contributed by atoms with Crippen LogP contribution in [0.1, 0.15) is 28.5 Å². The average molecular weight is 313 g/mol. The van der Waals surface area contributed by atoms with E-state index in [2.05, 4.69) is 4.98 Å². The van der Waals surface area contributed by atoms with Crippen molar-refractivity contribution in [2.24, 2.45) is 0 Å². The van der Waals surface area contributed by atoms with Crippen molar-refractivity contribution in [1.82, 2.24) is 9.88 Å². The Morgan fingerprint density at radius 2 is 2.00 bits per heavy atom. The van der Waals surface area contributed by atoms with Gasteiger partial charge < -0.3 is 10.1 Å². The first-order valence-corrected chi connectivity index (χ1v) is 7.70. The molecule has 1 aromatic carbocycles. The summed E-state index contributed by atoms with van der Waals surface area (Å²) >= 11 is 1.56. The summed E-state index contributed by atoms with van der Waals surface area (Å²) in [5.74, 6) is -0.317. The molecule has 1 atom stereocenters. The van der Waals surface area contributed by atoms with Crippen LogP contribution in [0.4, 0.5) is 0 Å². The number of para-hydroxylation sites is 1. The molecule has 1 unspecified atom stereocenters. The number of amides is 1. The second-order valence-corrected chi connectivity index (χ2v) is 6.09. The average Bonchev–Trinajstić information content (AvgIpc) is 2.97. The van der Waals surface area contributed by atoms with Crippen LogP contribution in [0.25, 0.3) is 10.2 Å². The van der Waals surface area contributed by atoms with Crippen molar-refractivity contribution in [2.75, 3.05) is 7.05 Å². The predicted octanol–water partition coefficient (Wildman–Crippen LogP) is 2.76. The van der Waals surface area contributed by atoms with Crippen molar-refractivity contribution in [3.63, 3.8) is 0 Å². The lowest BCUT2D eigenvalue weighted by molar-refractivity contribution is -0.608. The number of carbonyl (C=O) groups is 1. The minimum atomic E-state index is -0.317. The second kappa shape index (κ2) is 5.73. The lowest BCUT2D eigenvalue weighted by Gasteiger charge is -2.22. The standard InChI is InChI=1S/C16H15N3O2S/c1-11(15-17-12-7-3-4-9-14(12)22-15)18(2)16(20)13-8-5-6-10-19(13)21/h3-11H,1-2H3. The summed E-state index contributed by atoms with van der Waals surface area (Å²) in [6.07, 6.45) is 1.32. The summed E-state index contributed by atoms with van der Waals surface area (Å²) in [6, 6.07) is 12.5. The van der Waals surface area contributed by atoms with E-state index in [1.54, 1.807) is 35.4 Å². The van der Waals surface area contributed by atoms with Crippen molar-refractivity contribution in [3.05, 3.63) is 64.6 Å². The number of carbonyl (C=O) groups excluding carboxylic acids is 1. The first kappa shape index (κ1) is 14.5. The van der Waals surface area contributed by atoms with Crippen molar-refractivity contribution in [1.29, 1.82) is 0 Å². The van der Waals surface area contributed by atoms with Gasteiger partial charge in [0.25, 0.3) is 5.69 Å².